The van der Waals surface area contributed by atoms with Crippen LogP contribution in [0.4, 0.5) is 5.69 Å². The Labute approximate surface area is 134 Å². The van der Waals surface area contributed by atoms with Gasteiger partial charge in [-0.25, -0.2) is 0 Å². The summed E-state index contributed by atoms with van der Waals surface area (Å²) in [6.07, 6.45) is 2.18. The van der Waals surface area contributed by atoms with Gasteiger partial charge in [-0.05, 0) is 34.3 Å². The van der Waals surface area contributed by atoms with Crippen LogP contribution < -0.4 is 5.32 Å². The maximum atomic E-state index is 11.0. The van der Waals surface area contributed by atoms with E-state index >= 15 is 0 Å². The molecule has 1 fully saturated rings. The highest BCUT2D eigenvalue weighted by Gasteiger charge is 2.27. The largest absolute Gasteiger partial charge is 0.311 e. The van der Waals surface area contributed by atoms with E-state index in [2.05, 4.69) is 40.0 Å². The Morgan fingerprint density at radius 2 is 2.19 bits per heavy atom. The Kier molecular flexibility index (Phi) is 5.72. The molecule has 0 saturated carbocycles. The van der Waals surface area contributed by atoms with Crippen molar-refractivity contribution >= 4 is 21.6 Å². The van der Waals surface area contributed by atoms with Gasteiger partial charge in [-0.2, -0.15) is 0 Å². The first kappa shape index (κ1) is 16.4. The summed E-state index contributed by atoms with van der Waals surface area (Å²) in [6.45, 7) is 7.10. The van der Waals surface area contributed by atoms with Crippen molar-refractivity contribution in [3.63, 3.8) is 0 Å². The van der Waals surface area contributed by atoms with Crippen molar-refractivity contribution in [3.05, 3.63) is 38.3 Å². The molecule has 0 spiro atoms. The van der Waals surface area contributed by atoms with Crippen LogP contribution >= 0.6 is 15.9 Å². The number of nitrogens with zero attached hydrogens (tertiary/aromatic N) is 2. The second-order valence-corrected chi connectivity index (χ2v) is 6.31. The number of rotatable bonds is 5. The topological polar surface area (TPSA) is 58.4 Å². The van der Waals surface area contributed by atoms with Crippen LogP contribution in [0.1, 0.15) is 32.3 Å². The first-order valence-electron chi connectivity index (χ1n) is 7.46. The summed E-state index contributed by atoms with van der Waals surface area (Å²) in [5, 5.41) is 14.6. The van der Waals surface area contributed by atoms with Crippen LogP contribution in [0.15, 0.2) is 22.7 Å². The normalized spacial score (nSPS) is 23.2. The molecule has 0 aliphatic carbocycles. The number of hydrogen-bond donors (Lipinski definition) is 1. The van der Waals surface area contributed by atoms with Gasteiger partial charge in [-0.15, -0.1) is 0 Å². The number of benzene rings is 1. The molecule has 2 atom stereocenters. The summed E-state index contributed by atoms with van der Waals surface area (Å²) in [5.74, 6) is 0. The molecule has 1 heterocycles. The van der Waals surface area contributed by atoms with Crippen molar-refractivity contribution in [3.8, 4) is 0 Å². The van der Waals surface area contributed by atoms with E-state index in [0.717, 1.165) is 38.0 Å². The van der Waals surface area contributed by atoms with Gasteiger partial charge in [0.05, 0.1) is 9.40 Å². The average Bonchev–Trinajstić information content (AvgIpc) is 2.49. The molecule has 0 aromatic heterocycles. The molecule has 0 amide bonds. The lowest BCUT2D eigenvalue weighted by atomic mass is 10.0. The van der Waals surface area contributed by atoms with E-state index in [1.807, 2.05) is 6.07 Å². The third kappa shape index (κ3) is 3.81. The molecule has 0 radical (unpaired) electrons. The van der Waals surface area contributed by atoms with Gasteiger partial charge in [0.2, 0.25) is 0 Å². The predicted octanol–water partition coefficient (Wildman–Crippen LogP) is 3.32. The maximum absolute atomic E-state index is 11.0. The zero-order valence-corrected chi connectivity index (χ0v) is 14.1. The second-order valence-electron chi connectivity index (χ2n) is 5.51. The molecular weight excluding hydrogens is 334 g/mol. The lowest BCUT2D eigenvalue weighted by Gasteiger charge is -2.40. The molecule has 6 heteroatoms. The molecule has 1 aromatic carbocycles. The fourth-order valence-electron chi connectivity index (χ4n) is 2.85. The summed E-state index contributed by atoms with van der Waals surface area (Å²) in [4.78, 5) is 13.1. The van der Waals surface area contributed by atoms with E-state index in [1.165, 1.54) is 6.07 Å². The fraction of sp³-hybridized carbons (Fsp3) is 0.600. The lowest BCUT2D eigenvalue weighted by molar-refractivity contribution is -0.385. The van der Waals surface area contributed by atoms with Crippen LogP contribution in [0.25, 0.3) is 0 Å². The van der Waals surface area contributed by atoms with E-state index in [9.17, 15) is 10.1 Å². The van der Waals surface area contributed by atoms with Gasteiger partial charge in [-0.1, -0.05) is 26.0 Å². The minimum atomic E-state index is -0.336. The molecule has 1 N–H and O–H groups in total. The number of nitro benzene ring substituents is 1. The molecule has 116 valence electrons. The molecule has 1 aromatic rings. The van der Waals surface area contributed by atoms with Gasteiger partial charge in [0.25, 0.3) is 5.69 Å². The maximum Gasteiger partial charge on any atom is 0.283 e. The van der Waals surface area contributed by atoms with Crippen molar-refractivity contribution in [1.29, 1.82) is 0 Å². The molecule has 1 aliphatic heterocycles. The SMILES string of the molecule is CCC1CN(Cc2cccc([N+](=O)[O-])c2Br)C(CC)CN1. The Morgan fingerprint density at radius 3 is 2.81 bits per heavy atom. The Hall–Kier alpha value is -0.980. The van der Waals surface area contributed by atoms with Crippen molar-refractivity contribution in [2.75, 3.05) is 13.1 Å². The standard InChI is InChI=1S/C15H22BrN3O2/c1-3-12-10-18(13(4-2)8-17-12)9-11-6-5-7-14(15(11)16)19(20)21/h5-7,12-13,17H,3-4,8-10H2,1-2H3. The zero-order chi connectivity index (χ0) is 15.4. The van der Waals surface area contributed by atoms with Crippen molar-refractivity contribution in [2.45, 2.75) is 45.3 Å². The number of piperazine rings is 1. The summed E-state index contributed by atoms with van der Waals surface area (Å²) in [5.41, 5.74) is 1.13. The van der Waals surface area contributed by atoms with Gasteiger partial charge >= 0.3 is 0 Å². The minimum absolute atomic E-state index is 0.141. The van der Waals surface area contributed by atoms with Crippen LogP contribution in [0.5, 0.6) is 0 Å². The van der Waals surface area contributed by atoms with E-state index in [0.29, 0.717) is 16.6 Å². The quantitative estimate of drug-likeness (QED) is 0.650. The summed E-state index contributed by atoms with van der Waals surface area (Å²) in [7, 11) is 0. The van der Waals surface area contributed by atoms with Crippen LogP contribution in [0, 0.1) is 10.1 Å². The number of halogens is 1. The fourth-order valence-corrected chi connectivity index (χ4v) is 3.38. The van der Waals surface area contributed by atoms with Crippen molar-refractivity contribution < 1.29 is 4.92 Å². The van der Waals surface area contributed by atoms with Gasteiger partial charge in [0.1, 0.15) is 0 Å². The molecule has 21 heavy (non-hydrogen) atoms. The van der Waals surface area contributed by atoms with Crippen LogP contribution in [0.3, 0.4) is 0 Å². The predicted molar refractivity (Wildman–Crippen MR) is 87.4 cm³/mol. The first-order chi connectivity index (χ1) is 10.1. The van der Waals surface area contributed by atoms with Gasteiger partial charge in [0.15, 0.2) is 0 Å². The molecule has 5 nitrogen and oxygen atoms in total. The average molecular weight is 356 g/mol. The lowest BCUT2D eigenvalue weighted by Crippen LogP contribution is -2.55. The molecular formula is C15H22BrN3O2. The molecule has 1 aliphatic rings. The van der Waals surface area contributed by atoms with E-state index in [4.69, 9.17) is 0 Å². The first-order valence-corrected chi connectivity index (χ1v) is 8.25. The Bertz CT molecular complexity index is 510. The third-order valence-corrected chi connectivity index (χ3v) is 5.12. The number of nitro groups is 1. The van der Waals surface area contributed by atoms with Gasteiger partial charge in [-0.3, -0.25) is 15.0 Å². The summed E-state index contributed by atoms with van der Waals surface area (Å²) < 4.78 is 0.608. The highest BCUT2D eigenvalue weighted by Crippen LogP contribution is 2.30. The van der Waals surface area contributed by atoms with Gasteiger partial charge < -0.3 is 5.32 Å². The smallest absolute Gasteiger partial charge is 0.283 e. The summed E-state index contributed by atoms with van der Waals surface area (Å²) in [6, 6.07) is 6.26. The molecule has 1 saturated heterocycles. The Balaban J connectivity index is 2.19. The number of hydrogen-bond acceptors (Lipinski definition) is 4. The minimum Gasteiger partial charge on any atom is -0.311 e. The molecule has 0 bridgehead atoms. The highest BCUT2D eigenvalue weighted by molar-refractivity contribution is 9.10. The van der Waals surface area contributed by atoms with Crippen molar-refractivity contribution in [1.82, 2.24) is 10.2 Å². The second kappa shape index (κ2) is 7.33. The third-order valence-electron chi connectivity index (χ3n) is 4.21. The Morgan fingerprint density at radius 1 is 1.43 bits per heavy atom. The van der Waals surface area contributed by atoms with Crippen LogP contribution in [-0.4, -0.2) is 35.0 Å². The van der Waals surface area contributed by atoms with Crippen LogP contribution in [-0.2, 0) is 6.54 Å². The summed E-state index contributed by atoms with van der Waals surface area (Å²) >= 11 is 3.40. The van der Waals surface area contributed by atoms with Crippen molar-refractivity contribution in [2.24, 2.45) is 0 Å². The van der Waals surface area contributed by atoms with Gasteiger partial charge in [0, 0.05) is 37.8 Å². The van der Waals surface area contributed by atoms with E-state index in [-0.39, 0.29) is 10.6 Å². The monoisotopic (exact) mass is 355 g/mol. The van der Waals surface area contributed by atoms with E-state index in [1.54, 1.807) is 6.07 Å². The number of nitrogens with one attached hydrogen (secondary N) is 1. The highest BCUT2D eigenvalue weighted by atomic mass is 79.9. The zero-order valence-electron chi connectivity index (χ0n) is 12.5. The molecule has 2 unspecified atom stereocenters. The van der Waals surface area contributed by atoms with Crippen LogP contribution in [0.2, 0.25) is 0 Å². The molecule has 2 rings (SSSR count). The van der Waals surface area contributed by atoms with E-state index < -0.39 is 0 Å².